The molecule has 17 heavy (non-hydrogen) atoms. The zero-order valence-corrected chi connectivity index (χ0v) is 10.0. The number of nitro groups is 1. The van der Waals surface area contributed by atoms with Crippen LogP contribution >= 0.6 is 0 Å². The fraction of sp³-hybridized carbons (Fsp3) is 0.500. The minimum absolute atomic E-state index is 0.0647. The standard InChI is InChI=1S/C12H17NO4/c1-3-4-9(2)17-12-7-10(8-14)5-6-11(12)13(15)16/h5-7,9,14H,3-4,8H2,1-2H3. The third kappa shape index (κ3) is 3.71. The summed E-state index contributed by atoms with van der Waals surface area (Å²) in [4.78, 5) is 10.3. The fourth-order valence-corrected chi connectivity index (χ4v) is 1.58. The predicted octanol–water partition coefficient (Wildman–Crippen LogP) is 2.65. The first-order valence-electron chi connectivity index (χ1n) is 5.63. The molecule has 1 unspecified atom stereocenters. The number of aliphatic hydroxyl groups is 1. The predicted molar refractivity (Wildman–Crippen MR) is 64.0 cm³/mol. The quantitative estimate of drug-likeness (QED) is 0.611. The van der Waals surface area contributed by atoms with Gasteiger partial charge in [0.2, 0.25) is 0 Å². The summed E-state index contributed by atoms with van der Waals surface area (Å²) >= 11 is 0. The molecule has 0 fully saturated rings. The molecule has 1 atom stereocenters. The van der Waals surface area contributed by atoms with Crippen LogP contribution in [0.1, 0.15) is 32.3 Å². The zero-order chi connectivity index (χ0) is 12.8. The van der Waals surface area contributed by atoms with Gasteiger partial charge in [-0.15, -0.1) is 0 Å². The van der Waals surface area contributed by atoms with Crippen LogP contribution < -0.4 is 4.74 Å². The molecular weight excluding hydrogens is 222 g/mol. The van der Waals surface area contributed by atoms with Gasteiger partial charge < -0.3 is 9.84 Å². The van der Waals surface area contributed by atoms with Gasteiger partial charge in [0.25, 0.3) is 0 Å². The van der Waals surface area contributed by atoms with Crippen molar-refractivity contribution in [2.24, 2.45) is 0 Å². The minimum atomic E-state index is -0.477. The lowest BCUT2D eigenvalue weighted by Crippen LogP contribution is -2.12. The molecule has 0 spiro atoms. The first kappa shape index (κ1) is 13.4. The first-order chi connectivity index (χ1) is 8.08. The highest BCUT2D eigenvalue weighted by Gasteiger charge is 2.17. The molecule has 1 aromatic carbocycles. The van der Waals surface area contributed by atoms with Crippen molar-refractivity contribution in [1.82, 2.24) is 0 Å². The summed E-state index contributed by atoms with van der Waals surface area (Å²) in [7, 11) is 0. The summed E-state index contributed by atoms with van der Waals surface area (Å²) in [5.74, 6) is 0.225. The maximum Gasteiger partial charge on any atom is 0.310 e. The first-order valence-corrected chi connectivity index (χ1v) is 5.63. The van der Waals surface area contributed by atoms with Crippen LogP contribution in [0.5, 0.6) is 5.75 Å². The highest BCUT2D eigenvalue weighted by molar-refractivity contribution is 5.48. The molecule has 0 saturated heterocycles. The van der Waals surface area contributed by atoms with Gasteiger partial charge in [-0.3, -0.25) is 10.1 Å². The molecule has 0 saturated carbocycles. The van der Waals surface area contributed by atoms with E-state index in [1.54, 1.807) is 0 Å². The molecule has 0 heterocycles. The summed E-state index contributed by atoms with van der Waals surface area (Å²) in [6.07, 6.45) is 1.71. The third-order valence-corrected chi connectivity index (χ3v) is 2.43. The number of nitro benzene ring substituents is 1. The van der Waals surface area contributed by atoms with Gasteiger partial charge in [-0.05, 0) is 31.0 Å². The monoisotopic (exact) mass is 239 g/mol. The van der Waals surface area contributed by atoms with E-state index < -0.39 is 4.92 Å². The minimum Gasteiger partial charge on any atom is -0.484 e. The van der Waals surface area contributed by atoms with E-state index in [0.717, 1.165) is 12.8 Å². The maximum absolute atomic E-state index is 10.8. The van der Waals surface area contributed by atoms with E-state index in [1.165, 1.54) is 18.2 Å². The molecule has 0 aliphatic heterocycles. The van der Waals surface area contributed by atoms with Gasteiger partial charge in [0, 0.05) is 6.07 Å². The molecule has 0 aliphatic rings. The Morgan fingerprint density at radius 3 is 2.76 bits per heavy atom. The molecule has 94 valence electrons. The van der Waals surface area contributed by atoms with Crippen molar-refractivity contribution in [2.75, 3.05) is 0 Å². The number of benzene rings is 1. The molecule has 0 radical (unpaired) electrons. The van der Waals surface area contributed by atoms with Crippen LogP contribution in [0.3, 0.4) is 0 Å². The number of hydrogen-bond donors (Lipinski definition) is 1. The second-order valence-corrected chi connectivity index (χ2v) is 3.93. The van der Waals surface area contributed by atoms with Crippen molar-refractivity contribution in [3.8, 4) is 5.75 Å². The second kappa shape index (κ2) is 6.20. The Labute approximate surface area is 100 Å². The van der Waals surface area contributed by atoms with Gasteiger partial charge in [0.15, 0.2) is 5.75 Å². The number of nitrogens with zero attached hydrogens (tertiary/aromatic N) is 1. The van der Waals surface area contributed by atoms with Crippen LogP contribution in [0.2, 0.25) is 0 Å². The number of aliphatic hydroxyl groups excluding tert-OH is 1. The van der Waals surface area contributed by atoms with Crippen molar-refractivity contribution in [1.29, 1.82) is 0 Å². The average Bonchev–Trinajstić information content (AvgIpc) is 2.28. The van der Waals surface area contributed by atoms with Crippen LogP contribution in [0, 0.1) is 10.1 Å². The van der Waals surface area contributed by atoms with Crippen molar-refractivity contribution < 1.29 is 14.8 Å². The average molecular weight is 239 g/mol. The van der Waals surface area contributed by atoms with Crippen molar-refractivity contribution in [2.45, 2.75) is 39.4 Å². The van der Waals surface area contributed by atoms with E-state index in [9.17, 15) is 10.1 Å². The molecular formula is C12H17NO4. The third-order valence-electron chi connectivity index (χ3n) is 2.43. The Kier molecular flexibility index (Phi) is 4.90. The van der Waals surface area contributed by atoms with Gasteiger partial charge >= 0.3 is 5.69 Å². The van der Waals surface area contributed by atoms with Gasteiger partial charge in [-0.2, -0.15) is 0 Å². The summed E-state index contributed by atoms with van der Waals surface area (Å²) < 4.78 is 5.54. The maximum atomic E-state index is 10.8. The molecule has 5 heteroatoms. The Morgan fingerprint density at radius 1 is 1.53 bits per heavy atom. The smallest absolute Gasteiger partial charge is 0.310 e. The summed E-state index contributed by atoms with van der Waals surface area (Å²) in [6.45, 7) is 3.74. The van der Waals surface area contributed by atoms with Crippen molar-refractivity contribution >= 4 is 5.69 Å². The fourth-order valence-electron chi connectivity index (χ4n) is 1.58. The second-order valence-electron chi connectivity index (χ2n) is 3.93. The lowest BCUT2D eigenvalue weighted by Gasteiger charge is -2.14. The van der Waals surface area contributed by atoms with Gasteiger partial charge in [-0.25, -0.2) is 0 Å². The molecule has 5 nitrogen and oxygen atoms in total. The van der Waals surface area contributed by atoms with E-state index in [0.29, 0.717) is 5.56 Å². The summed E-state index contributed by atoms with van der Waals surface area (Å²) in [6, 6.07) is 4.40. The summed E-state index contributed by atoms with van der Waals surface area (Å²) in [5, 5.41) is 19.8. The number of ether oxygens (including phenoxy) is 1. The van der Waals surface area contributed by atoms with Crippen molar-refractivity contribution in [3.05, 3.63) is 33.9 Å². The van der Waals surface area contributed by atoms with Crippen LogP contribution in [0.15, 0.2) is 18.2 Å². The molecule has 0 bridgehead atoms. The van der Waals surface area contributed by atoms with Crippen LogP contribution in [-0.4, -0.2) is 16.1 Å². The molecule has 1 rings (SSSR count). The van der Waals surface area contributed by atoms with Crippen LogP contribution in [0.25, 0.3) is 0 Å². The highest BCUT2D eigenvalue weighted by Crippen LogP contribution is 2.29. The largest absolute Gasteiger partial charge is 0.484 e. The zero-order valence-electron chi connectivity index (χ0n) is 10.0. The SMILES string of the molecule is CCCC(C)Oc1cc(CO)ccc1[N+](=O)[O-]. The lowest BCUT2D eigenvalue weighted by molar-refractivity contribution is -0.386. The number of hydrogen-bond acceptors (Lipinski definition) is 4. The van der Waals surface area contributed by atoms with Crippen LogP contribution in [-0.2, 0) is 6.61 Å². The number of rotatable bonds is 6. The van der Waals surface area contributed by atoms with Gasteiger partial charge in [0.05, 0.1) is 17.6 Å². The highest BCUT2D eigenvalue weighted by atomic mass is 16.6. The lowest BCUT2D eigenvalue weighted by atomic mass is 10.2. The topological polar surface area (TPSA) is 72.6 Å². The molecule has 1 aromatic rings. The normalized spacial score (nSPS) is 12.2. The van der Waals surface area contributed by atoms with Gasteiger partial charge in [0.1, 0.15) is 0 Å². The molecule has 0 aromatic heterocycles. The summed E-state index contributed by atoms with van der Waals surface area (Å²) in [5.41, 5.74) is 0.541. The van der Waals surface area contributed by atoms with E-state index in [2.05, 4.69) is 0 Å². The van der Waals surface area contributed by atoms with E-state index in [4.69, 9.17) is 9.84 Å². The van der Waals surface area contributed by atoms with E-state index in [1.807, 2.05) is 13.8 Å². The Morgan fingerprint density at radius 2 is 2.24 bits per heavy atom. The Hall–Kier alpha value is -1.62. The Balaban J connectivity index is 2.96. The van der Waals surface area contributed by atoms with E-state index in [-0.39, 0.29) is 24.1 Å². The molecule has 1 N–H and O–H groups in total. The van der Waals surface area contributed by atoms with Gasteiger partial charge in [-0.1, -0.05) is 13.3 Å². The molecule has 0 amide bonds. The van der Waals surface area contributed by atoms with Crippen LogP contribution in [0.4, 0.5) is 5.69 Å². The van der Waals surface area contributed by atoms with E-state index >= 15 is 0 Å². The molecule has 0 aliphatic carbocycles. The van der Waals surface area contributed by atoms with Crippen molar-refractivity contribution in [3.63, 3.8) is 0 Å². The Bertz CT molecular complexity index is 392.